The number of hydrogen-bond donors (Lipinski definition) is 0. The van der Waals surface area contributed by atoms with Gasteiger partial charge in [0.1, 0.15) is 0 Å². The molecular weight excluding hydrogens is 1420 g/mol. The van der Waals surface area contributed by atoms with E-state index in [0.717, 1.165) is 72.8 Å². The summed E-state index contributed by atoms with van der Waals surface area (Å²) in [6.45, 7) is -0.252. The number of rotatable bonds is 14. The van der Waals surface area contributed by atoms with Gasteiger partial charge in [0.05, 0.1) is 22.2 Å². The molecule has 0 bridgehead atoms. The fourth-order valence-corrected chi connectivity index (χ4v) is 19.2. The smallest absolute Gasteiger partial charge is 0.252 e. The van der Waals surface area contributed by atoms with Crippen molar-refractivity contribution in [3.8, 4) is 145 Å². The van der Waals surface area contributed by atoms with E-state index in [0.29, 0.717) is 0 Å². The second-order valence-electron chi connectivity index (χ2n) is 31.4. The van der Waals surface area contributed by atoms with E-state index in [9.17, 15) is 0 Å². The van der Waals surface area contributed by atoms with Gasteiger partial charge in [-0.05, 0) is 253 Å². The quantitative estimate of drug-likeness (QED) is 0.0989. The maximum absolute atomic E-state index is 2.65. The molecule has 0 atom stereocenters. The van der Waals surface area contributed by atoms with E-state index in [2.05, 4.69) is 463 Å². The summed E-state index contributed by atoms with van der Waals surface area (Å²) in [5, 5.41) is 4.76. The highest BCUT2D eigenvalue weighted by Gasteiger charge is 2.44. The summed E-state index contributed by atoms with van der Waals surface area (Å²) >= 11 is 0. The summed E-state index contributed by atoms with van der Waals surface area (Å²) in [6.07, 6.45) is 0. The lowest BCUT2D eigenvalue weighted by molar-refractivity contribution is 1.13. The Morgan fingerprint density at radius 2 is 0.492 bits per heavy atom. The van der Waals surface area contributed by atoms with E-state index in [4.69, 9.17) is 0 Å². The molecule has 118 heavy (non-hydrogen) atoms. The molecule has 4 heteroatoms. The third kappa shape index (κ3) is 11.7. The lowest BCUT2D eigenvalue weighted by Crippen LogP contribution is -2.60. The van der Waals surface area contributed by atoms with Crippen LogP contribution in [0.1, 0.15) is 0 Å². The Morgan fingerprint density at radius 3 is 0.958 bits per heavy atom. The lowest BCUT2D eigenvalue weighted by Gasteiger charge is -2.41. The van der Waals surface area contributed by atoms with Crippen molar-refractivity contribution < 1.29 is 0 Å². The number of hydrogen-bond acceptors (Lipinski definition) is 1. The summed E-state index contributed by atoms with van der Waals surface area (Å²) in [7, 11) is 0. The van der Waals surface area contributed by atoms with Crippen molar-refractivity contribution in [3.63, 3.8) is 0 Å². The van der Waals surface area contributed by atoms with Gasteiger partial charge in [-0.25, -0.2) is 0 Å². The van der Waals surface area contributed by atoms with E-state index in [1.807, 2.05) is 0 Å². The van der Waals surface area contributed by atoms with Crippen molar-refractivity contribution in [2.75, 3.05) is 4.90 Å². The Bertz CT molecular complexity index is 7220. The molecule has 0 saturated heterocycles. The molecule has 21 aromatic rings. The van der Waals surface area contributed by atoms with Gasteiger partial charge in [0.2, 0.25) is 0 Å². The zero-order valence-electron chi connectivity index (χ0n) is 64.6. The lowest BCUT2D eigenvalue weighted by atomic mass is 9.33. The topological polar surface area (TPSA) is 13.1 Å². The number of anilines is 3. The minimum atomic E-state index is -0.252. The first-order valence-electron chi connectivity index (χ1n) is 40.9. The van der Waals surface area contributed by atoms with E-state index in [1.165, 1.54) is 149 Å². The van der Waals surface area contributed by atoms with Crippen molar-refractivity contribution in [2.45, 2.75) is 0 Å². The number of fused-ring (bicyclic) bond motifs is 10. The number of benzene rings is 19. The molecule has 3 nitrogen and oxygen atoms in total. The van der Waals surface area contributed by atoms with Gasteiger partial charge < -0.3 is 14.0 Å². The Labute approximate surface area is 686 Å². The molecule has 0 radical (unpaired) electrons. The average molecular weight is 1500 g/mol. The van der Waals surface area contributed by atoms with E-state index in [1.54, 1.807) is 0 Å². The van der Waals surface area contributed by atoms with Crippen LogP contribution >= 0.6 is 0 Å². The van der Waals surface area contributed by atoms with Crippen LogP contribution in [0.3, 0.4) is 0 Å². The predicted molar refractivity (Wildman–Crippen MR) is 500 cm³/mol. The Hall–Kier alpha value is -15.4. The molecular formula is C114H74BN3. The van der Waals surface area contributed by atoms with Gasteiger partial charge in [-0.3, -0.25) is 0 Å². The molecule has 0 unspecified atom stereocenters. The first-order chi connectivity index (χ1) is 58.5. The zero-order chi connectivity index (χ0) is 77.7. The fourth-order valence-electron chi connectivity index (χ4n) is 19.2. The third-order valence-electron chi connectivity index (χ3n) is 24.6. The molecule has 4 heterocycles. The van der Waals surface area contributed by atoms with Crippen LogP contribution in [-0.2, 0) is 0 Å². The minimum Gasteiger partial charge on any atom is -0.311 e. The Kier molecular flexibility index (Phi) is 16.4. The first kappa shape index (κ1) is 68.3. The van der Waals surface area contributed by atoms with Crippen LogP contribution in [0.2, 0.25) is 0 Å². The molecule has 0 saturated carbocycles. The molecule has 0 aliphatic carbocycles. The molecule has 0 spiro atoms. The SMILES string of the molecule is c1ccc(-c2cc(-c3ccccc3)cc(-c3ccc4c5ccc(-c6cc(-c7ccccc7)cc(-c7ccccc7)c6)cc5n(-c5cc6c7c(c5)-n5c8ccccc8c8cc(-c9ccccc9-c9cccc(-c%10ccccc%10)c9)cc(c85)B7c5cc(-c7ccccc7-c7cccc(-c8ccccc8)c7)ccc5N6c5ccccc5)c4c3)c2)cc1. The highest BCUT2D eigenvalue weighted by molar-refractivity contribution is 7.00. The van der Waals surface area contributed by atoms with Crippen LogP contribution in [-0.4, -0.2) is 15.8 Å². The highest BCUT2D eigenvalue weighted by atomic mass is 15.2. The number of para-hydroxylation sites is 2. The molecule has 548 valence electrons. The summed E-state index contributed by atoms with van der Waals surface area (Å²) in [5.74, 6) is 0. The Balaban J connectivity index is 0.811. The second-order valence-corrected chi connectivity index (χ2v) is 31.4. The van der Waals surface area contributed by atoms with Crippen LogP contribution < -0.4 is 21.3 Å². The predicted octanol–water partition coefficient (Wildman–Crippen LogP) is 28.5. The normalized spacial score (nSPS) is 12.0. The average Bonchev–Trinajstić information content (AvgIpc) is 1.44. The van der Waals surface area contributed by atoms with Gasteiger partial charge >= 0.3 is 0 Å². The molecule has 2 aliphatic heterocycles. The van der Waals surface area contributed by atoms with Gasteiger partial charge in [-0.2, -0.15) is 0 Å². The number of aromatic nitrogens is 2. The van der Waals surface area contributed by atoms with Gasteiger partial charge in [0, 0.05) is 49.8 Å². The standard InChI is InChI=1S/C114H74BN3/c1-8-30-75(31-9-1)81-42-28-44-85(60-81)97-48-22-23-50-99(97)87-56-59-108-105(69-87)115-106-70-94(100-51-25-24-49-98(100)86-45-29-43-82(61-86)76-32-10-2-11-33-76)68-104-101-52-26-27-53-107(101)118(114(104)106)112-74-96(73-111(113(112)115)116(108)95-46-20-7-21-47-95)117-109-71-83(92-64-88(77-34-12-3-13-35-77)62-89(65-92)78-36-14-4-15-37-78)54-57-102(109)103-58-55-84(72-110(103)117)93-66-90(79-38-16-5-17-39-79)63-91(67-93)80-40-18-6-19-41-80/h1-74H. The van der Waals surface area contributed by atoms with Crippen molar-refractivity contribution >= 4 is 83.8 Å². The maximum Gasteiger partial charge on any atom is 0.252 e. The van der Waals surface area contributed by atoms with E-state index < -0.39 is 0 Å². The second kappa shape index (κ2) is 28.3. The molecule has 23 rings (SSSR count). The van der Waals surface area contributed by atoms with Crippen molar-refractivity contribution in [1.82, 2.24) is 9.13 Å². The van der Waals surface area contributed by atoms with Crippen LogP contribution in [0.5, 0.6) is 0 Å². The third-order valence-corrected chi connectivity index (χ3v) is 24.6. The molecule has 0 N–H and O–H groups in total. The number of nitrogens with zero attached hydrogens (tertiary/aromatic N) is 3. The van der Waals surface area contributed by atoms with Crippen LogP contribution in [0.25, 0.3) is 189 Å². The van der Waals surface area contributed by atoms with Crippen molar-refractivity contribution in [3.05, 3.63) is 449 Å². The molecule has 2 aromatic heterocycles. The molecule has 0 fully saturated rings. The van der Waals surface area contributed by atoms with E-state index in [-0.39, 0.29) is 6.71 Å². The van der Waals surface area contributed by atoms with Gasteiger partial charge in [0.15, 0.2) is 0 Å². The molecule has 2 aliphatic rings. The highest BCUT2D eigenvalue weighted by Crippen LogP contribution is 2.49. The van der Waals surface area contributed by atoms with Crippen LogP contribution in [0, 0.1) is 0 Å². The maximum atomic E-state index is 2.65. The van der Waals surface area contributed by atoms with E-state index >= 15 is 0 Å². The zero-order valence-corrected chi connectivity index (χ0v) is 64.6. The largest absolute Gasteiger partial charge is 0.311 e. The Morgan fingerprint density at radius 1 is 0.161 bits per heavy atom. The summed E-state index contributed by atoms with van der Waals surface area (Å²) in [5.41, 5.74) is 41.9. The summed E-state index contributed by atoms with van der Waals surface area (Å²) in [6, 6.07) is 168. The molecule has 0 amide bonds. The molecule has 19 aromatic carbocycles. The van der Waals surface area contributed by atoms with Crippen LogP contribution in [0.4, 0.5) is 17.1 Å². The van der Waals surface area contributed by atoms with Gasteiger partial charge in [-0.15, -0.1) is 0 Å². The van der Waals surface area contributed by atoms with Gasteiger partial charge in [0.25, 0.3) is 6.71 Å². The van der Waals surface area contributed by atoms with Gasteiger partial charge in [-0.1, -0.05) is 346 Å². The minimum absolute atomic E-state index is 0.252. The fraction of sp³-hybridized carbons (Fsp3) is 0. The van der Waals surface area contributed by atoms with Crippen molar-refractivity contribution in [1.29, 1.82) is 0 Å². The summed E-state index contributed by atoms with van der Waals surface area (Å²) < 4.78 is 5.26. The van der Waals surface area contributed by atoms with Crippen LogP contribution in [0.15, 0.2) is 449 Å². The first-order valence-corrected chi connectivity index (χ1v) is 40.9. The van der Waals surface area contributed by atoms with Crippen molar-refractivity contribution in [2.24, 2.45) is 0 Å². The summed E-state index contributed by atoms with van der Waals surface area (Å²) in [4.78, 5) is 2.59. The monoisotopic (exact) mass is 1500 g/mol.